The number of nitrogens with zero attached hydrogens (tertiary/aromatic N) is 1. The van der Waals surface area contributed by atoms with Gasteiger partial charge in [-0.3, -0.25) is 9.98 Å². The zero-order valence-corrected chi connectivity index (χ0v) is 12.8. The molecule has 0 saturated carbocycles. The molecule has 2 aromatic carbocycles. The summed E-state index contributed by atoms with van der Waals surface area (Å²) >= 11 is 1.28. The van der Waals surface area contributed by atoms with Crippen molar-refractivity contribution in [3.8, 4) is 16.9 Å². The third-order valence-electron chi connectivity index (χ3n) is 3.66. The number of fused-ring (bicyclic) bond motifs is 1. The topological polar surface area (TPSA) is 59.0 Å². The van der Waals surface area contributed by atoms with Gasteiger partial charge in [-0.25, -0.2) is 4.79 Å². The van der Waals surface area contributed by atoms with Crippen LogP contribution >= 0.6 is 11.3 Å². The normalized spacial score (nSPS) is 11.0. The average molecular weight is 320 g/mol. The average Bonchev–Trinajstić information content (AvgIpc) is 2.96. The zero-order valence-electron chi connectivity index (χ0n) is 12.0. The lowest BCUT2D eigenvalue weighted by Crippen LogP contribution is -2.14. The zero-order chi connectivity index (χ0) is 15.8. The predicted molar refractivity (Wildman–Crippen MR) is 91.0 cm³/mol. The van der Waals surface area contributed by atoms with Crippen LogP contribution in [0.3, 0.4) is 0 Å². The van der Waals surface area contributed by atoms with Crippen LogP contribution in [0.1, 0.15) is 0 Å². The standard InChI is InChI=1S/C18H12N2O2S/c19-18-20(13-7-2-1-3-8-13)15(11-23-18)14-10-12-6-4-5-9-16(12)22-17(14)21/h1-11,19H. The molecule has 4 aromatic rings. The van der Waals surface area contributed by atoms with E-state index in [1.807, 2.05) is 60.0 Å². The van der Waals surface area contributed by atoms with Crippen molar-refractivity contribution in [1.82, 2.24) is 4.57 Å². The lowest BCUT2D eigenvalue weighted by Gasteiger charge is -2.08. The van der Waals surface area contributed by atoms with Crippen molar-refractivity contribution in [3.05, 3.63) is 81.3 Å². The van der Waals surface area contributed by atoms with E-state index in [0.717, 1.165) is 11.1 Å². The van der Waals surface area contributed by atoms with Gasteiger partial charge in [0.25, 0.3) is 0 Å². The van der Waals surface area contributed by atoms with E-state index in [0.29, 0.717) is 21.6 Å². The van der Waals surface area contributed by atoms with Crippen LogP contribution in [0.4, 0.5) is 0 Å². The molecule has 2 heterocycles. The van der Waals surface area contributed by atoms with E-state index in [9.17, 15) is 4.79 Å². The van der Waals surface area contributed by atoms with E-state index in [-0.39, 0.29) is 0 Å². The molecule has 0 atom stereocenters. The number of hydrogen-bond donors (Lipinski definition) is 1. The summed E-state index contributed by atoms with van der Waals surface area (Å²) in [5.41, 5.74) is 2.15. The second kappa shape index (κ2) is 5.37. The van der Waals surface area contributed by atoms with Crippen LogP contribution in [0.25, 0.3) is 27.9 Å². The Hall–Kier alpha value is -2.92. The van der Waals surface area contributed by atoms with Crippen LogP contribution in [-0.2, 0) is 0 Å². The van der Waals surface area contributed by atoms with Crippen LogP contribution in [-0.4, -0.2) is 4.57 Å². The molecule has 4 rings (SSSR count). The van der Waals surface area contributed by atoms with E-state index in [1.54, 1.807) is 10.6 Å². The summed E-state index contributed by atoms with van der Waals surface area (Å²) < 4.78 is 7.18. The first-order chi connectivity index (χ1) is 11.2. The van der Waals surface area contributed by atoms with Crippen LogP contribution in [0.15, 0.2) is 75.3 Å². The second-order valence-electron chi connectivity index (χ2n) is 5.08. The molecule has 5 heteroatoms. The molecule has 2 aromatic heterocycles. The van der Waals surface area contributed by atoms with E-state index in [2.05, 4.69) is 0 Å². The molecule has 0 fully saturated rings. The van der Waals surface area contributed by atoms with Crippen LogP contribution in [0.5, 0.6) is 0 Å². The first-order valence-corrected chi connectivity index (χ1v) is 7.96. The van der Waals surface area contributed by atoms with E-state index < -0.39 is 5.63 Å². The third-order valence-corrected chi connectivity index (χ3v) is 4.40. The summed E-state index contributed by atoms with van der Waals surface area (Å²) in [7, 11) is 0. The van der Waals surface area contributed by atoms with Gasteiger partial charge in [0.05, 0.1) is 11.3 Å². The molecule has 0 bridgehead atoms. The van der Waals surface area contributed by atoms with Crippen LogP contribution in [0.2, 0.25) is 0 Å². The van der Waals surface area contributed by atoms with Gasteiger partial charge >= 0.3 is 5.63 Å². The van der Waals surface area contributed by atoms with Gasteiger partial charge in [-0.2, -0.15) is 0 Å². The number of nitrogens with one attached hydrogen (secondary N) is 1. The molecule has 0 amide bonds. The Kier molecular flexibility index (Phi) is 3.20. The maximum atomic E-state index is 12.4. The molecule has 0 aliphatic rings. The highest BCUT2D eigenvalue weighted by Crippen LogP contribution is 2.23. The Morgan fingerprint density at radius 1 is 1.00 bits per heavy atom. The van der Waals surface area contributed by atoms with Gasteiger partial charge in [0.15, 0.2) is 4.80 Å². The number of benzene rings is 2. The maximum Gasteiger partial charge on any atom is 0.345 e. The van der Waals surface area contributed by atoms with Crippen molar-refractivity contribution < 1.29 is 4.42 Å². The number of rotatable bonds is 2. The molecule has 4 nitrogen and oxygen atoms in total. The minimum Gasteiger partial charge on any atom is -0.422 e. The molecule has 0 aliphatic heterocycles. The van der Waals surface area contributed by atoms with Gasteiger partial charge in [0, 0.05) is 16.5 Å². The summed E-state index contributed by atoms with van der Waals surface area (Å²) in [6.07, 6.45) is 0. The fourth-order valence-electron chi connectivity index (χ4n) is 2.58. The largest absolute Gasteiger partial charge is 0.422 e. The van der Waals surface area contributed by atoms with Gasteiger partial charge in [-0.15, -0.1) is 11.3 Å². The lowest BCUT2D eigenvalue weighted by atomic mass is 10.1. The molecule has 112 valence electrons. The molecular formula is C18H12N2O2S. The van der Waals surface area contributed by atoms with Crippen molar-refractivity contribution >= 4 is 22.3 Å². The Morgan fingerprint density at radius 3 is 2.57 bits per heavy atom. The molecule has 0 aliphatic carbocycles. The lowest BCUT2D eigenvalue weighted by molar-refractivity contribution is 0.563. The number of para-hydroxylation sites is 2. The predicted octanol–water partition coefficient (Wildman–Crippen LogP) is 3.79. The maximum absolute atomic E-state index is 12.4. The quantitative estimate of drug-likeness (QED) is 0.571. The minimum atomic E-state index is -0.397. The molecule has 0 unspecified atom stereocenters. The summed E-state index contributed by atoms with van der Waals surface area (Å²) in [4.78, 5) is 12.7. The first-order valence-electron chi connectivity index (χ1n) is 7.08. The van der Waals surface area contributed by atoms with E-state index >= 15 is 0 Å². The molecule has 0 spiro atoms. The highest BCUT2D eigenvalue weighted by atomic mass is 32.1. The first kappa shape index (κ1) is 13.7. The second-order valence-corrected chi connectivity index (χ2v) is 5.94. The summed E-state index contributed by atoms with van der Waals surface area (Å²) in [5, 5.41) is 10.8. The van der Waals surface area contributed by atoms with Crippen LogP contribution in [0, 0.1) is 5.41 Å². The van der Waals surface area contributed by atoms with E-state index in [4.69, 9.17) is 9.83 Å². The number of thiazole rings is 1. The van der Waals surface area contributed by atoms with Crippen molar-refractivity contribution in [2.45, 2.75) is 0 Å². The van der Waals surface area contributed by atoms with E-state index in [1.165, 1.54) is 11.3 Å². The van der Waals surface area contributed by atoms with Gasteiger partial charge < -0.3 is 4.42 Å². The smallest absolute Gasteiger partial charge is 0.345 e. The van der Waals surface area contributed by atoms with Gasteiger partial charge in [0.1, 0.15) is 5.58 Å². The Balaban J connectivity index is 2.01. The molecule has 1 N–H and O–H groups in total. The fraction of sp³-hybridized carbons (Fsp3) is 0. The van der Waals surface area contributed by atoms with Gasteiger partial charge in [0.2, 0.25) is 0 Å². The molecule has 23 heavy (non-hydrogen) atoms. The SMILES string of the molecule is N=c1scc(-c2cc3ccccc3oc2=O)n1-c1ccccc1. The summed E-state index contributed by atoms with van der Waals surface area (Å²) in [6.45, 7) is 0. The minimum absolute atomic E-state index is 0.360. The fourth-order valence-corrected chi connectivity index (χ4v) is 3.35. The summed E-state index contributed by atoms with van der Waals surface area (Å²) in [5.74, 6) is 0. The Bertz CT molecular complexity index is 1110. The molecule has 0 radical (unpaired) electrons. The number of aromatic nitrogens is 1. The number of hydrogen-bond acceptors (Lipinski definition) is 4. The summed E-state index contributed by atoms with van der Waals surface area (Å²) in [6, 6.07) is 18.8. The van der Waals surface area contributed by atoms with Crippen molar-refractivity contribution in [2.24, 2.45) is 0 Å². The van der Waals surface area contributed by atoms with Gasteiger partial charge in [-0.1, -0.05) is 36.4 Å². The van der Waals surface area contributed by atoms with Gasteiger partial charge in [-0.05, 0) is 24.3 Å². The van der Waals surface area contributed by atoms with Crippen LogP contribution < -0.4 is 10.4 Å². The molecule has 0 saturated heterocycles. The van der Waals surface area contributed by atoms with Crippen molar-refractivity contribution in [2.75, 3.05) is 0 Å². The Labute approximate surface area is 135 Å². The van der Waals surface area contributed by atoms with Crippen molar-refractivity contribution in [3.63, 3.8) is 0 Å². The monoisotopic (exact) mass is 320 g/mol. The highest BCUT2D eigenvalue weighted by Gasteiger charge is 2.14. The molecular weight excluding hydrogens is 308 g/mol. The third kappa shape index (κ3) is 2.31. The van der Waals surface area contributed by atoms with Crippen molar-refractivity contribution in [1.29, 1.82) is 5.41 Å². The highest BCUT2D eigenvalue weighted by molar-refractivity contribution is 7.07. The Morgan fingerprint density at radius 2 is 1.74 bits per heavy atom.